The van der Waals surface area contributed by atoms with Gasteiger partial charge in [-0.2, -0.15) is 13.2 Å². The van der Waals surface area contributed by atoms with Gasteiger partial charge in [0.25, 0.3) is 5.91 Å². The summed E-state index contributed by atoms with van der Waals surface area (Å²) in [6.07, 6.45) is -3.17. The fraction of sp³-hybridized carbons (Fsp3) is 0.562. The van der Waals surface area contributed by atoms with E-state index in [-0.39, 0.29) is 5.91 Å². The molecule has 1 heterocycles. The van der Waals surface area contributed by atoms with Crippen LogP contribution in [-0.2, 0) is 11.0 Å². The molecule has 1 aliphatic rings. The molecular weight excluding hydrogens is 293 g/mol. The normalized spacial score (nSPS) is 25.8. The smallest absolute Gasteiger partial charge is 0.327 e. The number of amides is 1. The summed E-state index contributed by atoms with van der Waals surface area (Å²) in [5.74, 6) is 1.03. The van der Waals surface area contributed by atoms with Crippen molar-refractivity contribution in [3.8, 4) is 0 Å². The third-order valence-corrected chi connectivity index (χ3v) is 3.99. The summed E-state index contributed by atoms with van der Waals surface area (Å²) in [6, 6.07) is 4.54. The van der Waals surface area contributed by atoms with Gasteiger partial charge in [0, 0.05) is 17.5 Å². The van der Waals surface area contributed by atoms with Gasteiger partial charge in [-0.1, -0.05) is 13.8 Å². The van der Waals surface area contributed by atoms with E-state index in [1.54, 1.807) is 0 Å². The van der Waals surface area contributed by atoms with Gasteiger partial charge in [-0.3, -0.25) is 4.79 Å². The fourth-order valence-corrected chi connectivity index (χ4v) is 3.24. The maximum atomic E-state index is 12.5. The summed E-state index contributed by atoms with van der Waals surface area (Å²) in [4.78, 5) is 13.3. The Morgan fingerprint density at radius 1 is 1.18 bits per heavy atom. The number of benzene rings is 1. The lowest BCUT2D eigenvalue weighted by Gasteiger charge is -2.31. The number of hydrogen-bond acceptors (Lipinski definition) is 1. The van der Waals surface area contributed by atoms with E-state index >= 15 is 0 Å². The number of nitrogens with one attached hydrogen (secondary N) is 2. The molecule has 122 valence electrons. The Kier molecular flexibility index (Phi) is 5.11. The molecule has 0 bridgehead atoms. The second kappa shape index (κ2) is 6.69. The predicted molar refractivity (Wildman–Crippen MR) is 78.6 cm³/mol. The van der Waals surface area contributed by atoms with Crippen molar-refractivity contribution in [2.45, 2.75) is 26.4 Å². The van der Waals surface area contributed by atoms with Gasteiger partial charge in [0.05, 0.1) is 18.7 Å². The molecule has 3 atom stereocenters. The van der Waals surface area contributed by atoms with Gasteiger partial charge >= 0.3 is 6.18 Å². The summed E-state index contributed by atoms with van der Waals surface area (Å²) in [7, 11) is 0. The summed E-state index contributed by atoms with van der Waals surface area (Å²) in [6.45, 7) is 6.65. The van der Waals surface area contributed by atoms with Gasteiger partial charge in [0.1, 0.15) is 0 Å². The van der Waals surface area contributed by atoms with Crippen LogP contribution in [0.2, 0.25) is 0 Å². The number of carbonyl (C=O) groups is 1. The van der Waals surface area contributed by atoms with E-state index in [1.807, 2.05) is 0 Å². The lowest BCUT2D eigenvalue weighted by atomic mass is 9.92. The number of halogens is 3. The summed E-state index contributed by atoms with van der Waals surface area (Å²) in [5, 5.41) is 2.67. The first-order valence-electron chi connectivity index (χ1n) is 7.54. The first-order valence-corrected chi connectivity index (χ1v) is 7.54. The van der Waals surface area contributed by atoms with Crippen molar-refractivity contribution in [1.82, 2.24) is 0 Å². The third kappa shape index (κ3) is 4.73. The number of quaternary nitrogens is 1. The molecule has 1 unspecified atom stereocenters. The van der Waals surface area contributed by atoms with Crippen molar-refractivity contribution in [1.29, 1.82) is 0 Å². The van der Waals surface area contributed by atoms with Crippen LogP contribution in [-0.4, -0.2) is 25.5 Å². The minimum Gasteiger partial charge on any atom is -0.327 e. The zero-order valence-electron chi connectivity index (χ0n) is 12.8. The second-order valence-corrected chi connectivity index (χ2v) is 6.40. The van der Waals surface area contributed by atoms with Crippen LogP contribution in [0.5, 0.6) is 0 Å². The molecule has 0 radical (unpaired) electrons. The number of hydrogen-bond donors (Lipinski definition) is 2. The highest BCUT2D eigenvalue weighted by Gasteiger charge is 2.30. The van der Waals surface area contributed by atoms with Crippen LogP contribution in [0.3, 0.4) is 0 Å². The minimum absolute atomic E-state index is 0.156. The minimum atomic E-state index is -4.35. The third-order valence-electron chi connectivity index (χ3n) is 3.99. The molecule has 1 aliphatic heterocycles. The highest BCUT2D eigenvalue weighted by atomic mass is 19.4. The molecule has 6 heteroatoms. The monoisotopic (exact) mass is 315 g/mol. The quantitative estimate of drug-likeness (QED) is 0.881. The SMILES string of the molecule is C[C@@H]1C[C@H](C)C[NH+](CC(=O)Nc2ccc(C(F)(F)F)cc2)C1. The maximum Gasteiger partial charge on any atom is 0.416 e. The van der Waals surface area contributed by atoms with E-state index < -0.39 is 11.7 Å². The summed E-state index contributed by atoms with van der Waals surface area (Å²) < 4.78 is 37.4. The number of rotatable bonds is 3. The van der Waals surface area contributed by atoms with Crippen LogP contribution in [0.15, 0.2) is 24.3 Å². The Morgan fingerprint density at radius 2 is 1.73 bits per heavy atom. The van der Waals surface area contributed by atoms with E-state index in [1.165, 1.54) is 23.5 Å². The van der Waals surface area contributed by atoms with Crippen molar-refractivity contribution in [2.24, 2.45) is 11.8 Å². The van der Waals surface area contributed by atoms with Crippen LogP contribution in [0.4, 0.5) is 18.9 Å². The predicted octanol–water partition coefficient (Wildman–Crippen LogP) is 2.20. The molecule has 1 aromatic rings. The molecule has 0 aliphatic carbocycles. The molecule has 2 rings (SSSR count). The molecule has 1 amide bonds. The first-order chi connectivity index (χ1) is 10.2. The zero-order chi connectivity index (χ0) is 16.3. The Bertz CT molecular complexity index is 503. The van der Waals surface area contributed by atoms with Crippen LogP contribution in [0.25, 0.3) is 0 Å². The molecule has 2 N–H and O–H groups in total. The fourth-order valence-electron chi connectivity index (χ4n) is 3.24. The number of carbonyl (C=O) groups excluding carboxylic acids is 1. The van der Waals surface area contributed by atoms with Crippen LogP contribution < -0.4 is 10.2 Å². The number of piperidine rings is 1. The topological polar surface area (TPSA) is 33.5 Å². The average Bonchev–Trinajstić information content (AvgIpc) is 2.36. The summed E-state index contributed by atoms with van der Waals surface area (Å²) >= 11 is 0. The molecule has 1 fully saturated rings. The van der Waals surface area contributed by atoms with E-state index in [4.69, 9.17) is 0 Å². The number of likely N-dealkylation sites (tertiary alicyclic amines) is 1. The van der Waals surface area contributed by atoms with Crippen molar-refractivity contribution in [2.75, 3.05) is 25.0 Å². The lowest BCUT2D eigenvalue weighted by molar-refractivity contribution is -0.904. The van der Waals surface area contributed by atoms with E-state index in [2.05, 4.69) is 19.2 Å². The van der Waals surface area contributed by atoms with E-state index in [9.17, 15) is 18.0 Å². The second-order valence-electron chi connectivity index (χ2n) is 6.40. The Balaban J connectivity index is 1.89. The molecule has 0 saturated carbocycles. The largest absolute Gasteiger partial charge is 0.416 e. The van der Waals surface area contributed by atoms with Crippen LogP contribution in [0, 0.1) is 11.8 Å². The molecule has 1 saturated heterocycles. The van der Waals surface area contributed by atoms with Gasteiger partial charge in [0.15, 0.2) is 6.54 Å². The van der Waals surface area contributed by atoms with Crippen LogP contribution in [0.1, 0.15) is 25.8 Å². The van der Waals surface area contributed by atoms with Gasteiger partial charge in [-0.15, -0.1) is 0 Å². The van der Waals surface area contributed by atoms with Gasteiger partial charge in [0.2, 0.25) is 0 Å². The standard InChI is InChI=1S/C16H21F3N2O/c1-11-7-12(2)9-21(8-11)10-15(22)20-14-5-3-13(4-6-14)16(17,18)19/h3-6,11-12H,7-10H2,1-2H3,(H,20,22)/p+1/t11-,12+. The molecule has 1 aromatic carbocycles. The molecular formula is C16H22F3N2O+. The van der Waals surface area contributed by atoms with Crippen molar-refractivity contribution < 1.29 is 22.9 Å². The highest BCUT2D eigenvalue weighted by molar-refractivity contribution is 5.91. The van der Waals surface area contributed by atoms with Crippen molar-refractivity contribution >= 4 is 11.6 Å². The van der Waals surface area contributed by atoms with Crippen molar-refractivity contribution in [3.63, 3.8) is 0 Å². The van der Waals surface area contributed by atoms with Crippen LogP contribution >= 0.6 is 0 Å². The van der Waals surface area contributed by atoms with Crippen molar-refractivity contribution in [3.05, 3.63) is 29.8 Å². The zero-order valence-corrected chi connectivity index (χ0v) is 12.8. The Morgan fingerprint density at radius 3 is 2.23 bits per heavy atom. The molecule has 22 heavy (non-hydrogen) atoms. The van der Waals surface area contributed by atoms with Gasteiger partial charge in [-0.05, 0) is 30.7 Å². The van der Waals surface area contributed by atoms with E-state index in [0.717, 1.165) is 25.2 Å². The number of alkyl halides is 3. The lowest BCUT2D eigenvalue weighted by Crippen LogP contribution is -3.15. The van der Waals surface area contributed by atoms with Gasteiger partial charge < -0.3 is 10.2 Å². The molecule has 0 aromatic heterocycles. The summed E-state index contributed by atoms with van der Waals surface area (Å²) in [5.41, 5.74) is -0.315. The number of anilines is 1. The average molecular weight is 315 g/mol. The van der Waals surface area contributed by atoms with E-state index in [0.29, 0.717) is 24.1 Å². The maximum absolute atomic E-state index is 12.5. The Hall–Kier alpha value is -1.56. The highest BCUT2D eigenvalue weighted by Crippen LogP contribution is 2.29. The molecule has 0 spiro atoms. The van der Waals surface area contributed by atoms with Gasteiger partial charge in [-0.25, -0.2) is 0 Å². The first kappa shape index (κ1) is 16.8. The molecule has 3 nitrogen and oxygen atoms in total. The Labute approximate surface area is 128 Å².